The van der Waals surface area contributed by atoms with Gasteiger partial charge in [-0.25, -0.2) is 0 Å². The predicted molar refractivity (Wildman–Crippen MR) is 23.9 cm³/mol. The predicted octanol–water partition coefficient (Wildman–Crippen LogP) is -0.176. The number of epoxide rings is 1. The standard InChI is InChI=1S/C5H4O3/c6-3-5-4(8-5)1-2-7-5/h1-4H. The van der Waals surface area contributed by atoms with Crippen LogP contribution in [-0.2, 0) is 14.3 Å². The Hall–Kier alpha value is -0.830. The molecule has 0 radical (unpaired) electrons. The first-order chi connectivity index (χ1) is 3.87. The number of rotatable bonds is 1. The van der Waals surface area contributed by atoms with Crippen LogP contribution in [0.3, 0.4) is 0 Å². The molecule has 42 valence electrons. The molecular weight excluding hydrogens is 108 g/mol. The van der Waals surface area contributed by atoms with Crippen LogP contribution in [0.25, 0.3) is 0 Å². The van der Waals surface area contributed by atoms with Crippen molar-refractivity contribution in [3.05, 3.63) is 12.3 Å². The number of hydrogen-bond donors (Lipinski definition) is 0. The summed E-state index contributed by atoms with van der Waals surface area (Å²) in [4.78, 5) is 10.1. The van der Waals surface area contributed by atoms with Gasteiger partial charge in [-0.15, -0.1) is 0 Å². The van der Waals surface area contributed by atoms with Crippen molar-refractivity contribution in [2.45, 2.75) is 11.9 Å². The number of hydrogen-bond acceptors (Lipinski definition) is 3. The highest BCUT2D eigenvalue weighted by Crippen LogP contribution is 2.41. The summed E-state index contributed by atoms with van der Waals surface area (Å²) in [6.45, 7) is 0. The number of fused-ring (bicyclic) bond motifs is 1. The molecular formula is C5H4O3. The lowest BCUT2D eigenvalue weighted by Gasteiger charge is -1.96. The molecule has 2 heterocycles. The lowest BCUT2D eigenvalue weighted by atomic mass is 10.3. The zero-order valence-electron chi connectivity index (χ0n) is 4.03. The second kappa shape index (κ2) is 0.951. The largest absolute Gasteiger partial charge is 0.460 e. The molecule has 0 bridgehead atoms. The third-order valence-electron chi connectivity index (χ3n) is 1.32. The van der Waals surface area contributed by atoms with Crippen molar-refractivity contribution in [3.63, 3.8) is 0 Å². The Morgan fingerprint density at radius 2 is 2.62 bits per heavy atom. The van der Waals surface area contributed by atoms with Gasteiger partial charge in [0, 0.05) is 0 Å². The van der Waals surface area contributed by atoms with E-state index in [1.165, 1.54) is 6.26 Å². The van der Waals surface area contributed by atoms with E-state index in [4.69, 9.17) is 9.47 Å². The lowest BCUT2D eigenvalue weighted by Crippen LogP contribution is -2.13. The van der Waals surface area contributed by atoms with Gasteiger partial charge in [-0.05, 0) is 6.08 Å². The third kappa shape index (κ3) is 0.272. The minimum atomic E-state index is -0.889. The zero-order chi connectivity index (χ0) is 5.61. The van der Waals surface area contributed by atoms with E-state index in [0.29, 0.717) is 6.29 Å². The van der Waals surface area contributed by atoms with Gasteiger partial charge in [-0.1, -0.05) is 0 Å². The molecule has 0 N–H and O–H groups in total. The van der Waals surface area contributed by atoms with E-state index in [0.717, 1.165) is 0 Å². The van der Waals surface area contributed by atoms with Crippen molar-refractivity contribution >= 4 is 6.29 Å². The fraction of sp³-hybridized carbons (Fsp3) is 0.400. The Balaban J connectivity index is 2.26. The molecule has 2 rings (SSSR count). The first kappa shape index (κ1) is 4.09. The van der Waals surface area contributed by atoms with Crippen LogP contribution in [0.4, 0.5) is 0 Å². The number of carbonyl (C=O) groups is 1. The van der Waals surface area contributed by atoms with Gasteiger partial charge in [0.2, 0.25) is 0 Å². The van der Waals surface area contributed by atoms with Crippen LogP contribution in [0.15, 0.2) is 12.3 Å². The quantitative estimate of drug-likeness (QED) is 0.349. The smallest absolute Gasteiger partial charge is 0.298 e. The molecule has 2 aliphatic rings. The average molecular weight is 112 g/mol. The fourth-order valence-corrected chi connectivity index (χ4v) is 0.772. The third-order valence-corrected chi connectivity index (χ3v) is 1.32. The zero-order valence-corrected chi connectivity index (χ0v) is 4.03. The normalized spacial score (nSPS) is 47.8. The van der Waals surface area contributed by atoms with E-state index >= 15 is 0 Å². The summed E-state index contributed by atoms with van der Waals surface area (Å²) in [5.74, 6) is -0.889. The van der Waals surface area contributed by atoms with Crippen molar-refractivity contribution in [2.24, 2.45) is 0 Å². The number of carbonyl (C=O) groups excluding carboxylic acids is 1. The van der Waals surface area contributed by atoms with Crippen molar-refractivity contribution in [3.8, 4) is 0 Å². The fourth-order valence-electron chi connectivity index (χ4n) is 0.772. The highest BCUT2D eigenvalue weighted by atomic mass is 16.8. The van der Waals surface area contributed by atoms with E-state index in [-0.39, 0.29) is 6.10 Å². The number of ether oxygens (including phenoxy) is 2. The molecule has 0 aliphatic carbocycles. The van der Waals surface area contributed by atoms with Gasteiger partial charge in [0.25, 0.3) is 5.79 Å². The Morgan fingerprint density at radius 1 is 1.75 bits per heavy atom. The Kier molecular flexibility index (Phi) is 0.486. The number of aldehydes is 1. The Bertz CT molecular complexity index is 163. The molecule has 0 saturated carbocycles. The van der Waals surface area contributed by atoms with Crippen LogP contribution < -0.4 is 0 Å². The summed E-state index contributed by atoms with van der Waals surface area (Å²) in [6, 6.07) is 0. The van der Waals surface area contributed by atoms with Crippen LogP contribution in [0.1, 0.15) is 0 Å². The molecule has 0 aromatic rings. The molecule has 3 heteroatoms. The molecule has 8 heavy (non-hydrogen) atoms. The van der Waals surface area contributed by atoms with E-state index in [1.54, 1.807) is 6.08 Å². The first-order valence-electron chi connectivity index (χ1n) is 2.36. The van der Waals surface area contributed by atoms with Gasteiger partial charge in [-0.3, -0.25) is 4.79 Å². The van der Waals surface area contributed by atoms with Crippen LogP contribution in [-0.4, -0.2) is 18.2 Å². The first-order valence-corrected chi connectivity index (χ1v) is 2.36. The summed E-state index contributed by atoms with van der Waals surface area (Å²) in [5.41, 5.74) is 0. The van der Waals surface area contributed by atoms with Gasteiger partial charge >= 0.3 is 0 Å². The van der Waals surface area contributed by atoms with Crippen LogP contribution >= 0.6 is 0 Å². The van der Waals surface area contributed by atoms with E-state index in [1.807, 2.05) is 0 Å². The molecule has 2 atom stereocenters. The monoisotopic (exact) mass is 112 g/mol. The van der Waals surface area contributed by atoms with Gasteiger partial charge in [-0.2, -0.15) is 0 Å². The maximum absolute atomic E-state index is 10.1. The highest BCUT2D eigenvalue weighted by Gasteiger charge is 2.61. The topological polar surface area (TPSA) is 38.8 Å². The summed E-state index contributed by atoms with van der Waals surface area (Å²) < 4.78 is 9.61. The molecule has 2 aliphatic heterocycles. The van der Waals surface area contributed by atoms with Crippen LogP contribution in [0.5, 0.6) is 0 Å². The van der Waals surface area contributed by atoms with Crippen molar-refractivity contribution in [1.82, 2.24) is 0 Å². The molecule has 0 spiro atoms. The summed E-state index contributed by atoms with van der Waals surface area (Å²) in [7, 11) is 0. The maximum atomic E-state index is 10.1. The summed E-state index contributed by atoms with van der Waals surface area (Å²) >= 11 is 0. The molecule has 3 nitrogen and oxygen atoms in total. The molecule has 0 amide bonds. The Morgan fingerprint density at radius 3 is 2.88 bits per heavy atom. The second-order valence-electron chi connectivity index (χ2n) is 1.82. The summed E-state index contributed by atoms with van der Waals surface area (Å²) in [5, 5.41) is 0. The van der Waals surface area contributed by atoms with Crippen LogP contribution in [0.2, 0.25) is 0 Å². The van der Waals surface area contributed by atoms with Gasteiger partial charge < -0.3 is 9.47 Å². The molecule has 0 aromatic carbocycles. The van der Waals surface area contributed by atoms with Crippen LogP contribution in [0, 0.1) is 0 Å². The second-order valence-corrected chi connectivity index (χ2v) is 1.82. The molecule has 1 fully saturated rings. The van der Waals surface area contributed by atoms with Gasteiger partial charge in [0.05, 0.1) is 6.26 Å². The minimum Gasteiger partial charge on any atom is -0.460 e. The highest BCUT2D eigenvalue weighted by molar-refractivity contribution is 5.67. The summed E-state index contributed by atoms with van der Waals surface area (Å²) in [6.07, 6.45) is 3.79. The molecule has 2 unspecified atom stereocenters. The van der Waals surface area contributed by atoms with Crippen molar-refractivity contribution in [1.29, 1.82) is 0 Å². The van der Waals surface area contributed by atoms with Crippen molar-refractivity contribution in [2.75, 3.05) is 0 Å². The molecule has 1 saturated heterocycles. The average Bonchev–Trinajstić information content (AvgIpc) is 2.38. The minimum absolute atomic E-state index is 0.0972. The van der Waals surface area contributed by atoms with E-state index in [9.17, 15) is 4.79 Å². The maximum Gasteiger partial charge on any atom is 0.298 e. The van der Waals surface area contributed by atoms with Crippen molar-refractivity contribution < 1.29 is 14.3 Å². The molecule has 0 aromatic heterocycles. The SMILES string of the molecule is O=CC12OC=CC1O2. The Labute approximate surface area is 45.9 Å². The van der Waals surface area contributed by atoms with Gasteiger partial charge in [0.1, 0.15) is 0 Å². The van der Waals surface area contributed by atoms with Gasteiger partial charge in [0.15, 0.2) is 12.4 Å². The van der Waals surface area contributed by atoms with E-state index in [2.05, 4.69) is 0 Å². The lowest BCUT2D eigenvalue weighted by molar-refractivity contribution is -0.123. The van der Waals surface area contributed by atoms with E-state index < -0.39 is 5.79 Å².